The second-order valence-electron chi connectivity index (χ2n) is 5.19. The number of nitrogens with zero attached hydrogens (tertiary/aromatic N) is 1. The molecule has 2 rings (SSSR count). The number of benzene rings is 1. The van der Waals surface area contributed by atoms with Crippen LogP contribution in [0.4, 0.5) is 0 Å². The second-order valence-corrected chi connectivity index (χ2v) is 6.10. The third-order valence-electron chi connectivity index (χ3n) is 2.87. The van der Waals surface area contributed by atoms with Crippen molar-refractivity contribution in [2.45, 2.75) is 32.4 Å². The highest BCUT2D eigenvalue weighted by molar-refractivity contribution is 9.10. The Labute approximate surface area is 105 Å². The SMILES string of the molecule is CC(C)(O)CN1CCc2cc(Br)ccc2C1. The van der Waals surface area contributed by atoms with Crippen molar-refractivity contribution in [3.05, 3.63) is 33.8 Å². The van der Waals surface area contributed by atoms with Gasteiger partial charge < -0.3 is 5.11 Å². The summed E-state index contributed by atoms with van der Waals surface area (Å²) in [5.74, 6) is 0. The summed E-state index contributed by atoms with van der Waals surface area (Å²) >= 11 is 3.50. The minimum absolute atomic E-state index is 0.604. The van der Waals surface area contributed by atoms with E-state index in [1.807, 2.05) is 13.8 Å². The number of β-amino-alcohol motifs (C(OH)–C–C–N with tert-alkyl or cyclic N) is 1. The van der Waals surface area contributed by atoms with Crippen LogP contribution in [-0.2, 0) is 13.0 Å². The first-order valence-corrected chi connectivity index (χ1v) is 6.45. The number of halogens is 1. The molecule has 16 heavy (non-hydrogen) atoms. The molecule has 2 nitrogen and oxygen atoms in total. The van der Waals surface area contributed by atoms with Gasteiger partial charge in [0, 0.05) is 24.1 Å². The summed E-state index contributed by atoms with van der Waals surface area (Å²) in [6.07, 6.45) is 1.07. The Balaban J connectivity index is 2.09. The summed E-state index contributed by atoms with van der Waals surface area (Å²) in [5, 5.41) is 9.81. The monoisotopic (exact) mass is 283 g/mol. The second kappa shape index (κ2) is 4.47. The van der Waals surface area contributed by atoms with Crippen LogP contribution in [0.15, 0.2) is 22.7 Å². The van der Waals surface area contributed by atoms with Crippen molar-refractivity contribution in [2.75, 3.05) is 13.1 Å². The average Bonchev–Trinajstić information content (AvgIpc) is 2.16. The van der Waals surface area contributed by atoms with Crippen LogP contribution in [0.1, 0.15) is 25.0 Å². The Bertz CT molecular complexity index is 384. The Morgan fingerprint density at radius 2 is 2.12 bits per heavy atom. The number of fused-ring (bicyclic) bond motifs is 1. The smallest absolute Gasteiger partial charge is 0.0718 e. The van der Waals surface area contributed by atoms with Gasteiger partial charge in [-0.1, -0.05) is 22.0 Å². The van der Waals surface area contributed by atoms with E-state index >= 15 is 0 Å². The van der Waals surface area contributed by atoms with Gasteiger partial charge >= 0.3 is 0 Å². The molecule has 0 saturated heterocycles. The van der Waals surface area contributed by atoms with Crippen molar-refractivity contribution in [2.24, 2.45) is 0 Å². The van der Waals surface area contributed by atoms with Gasteiger partial charge in [0.05, 0.1) is 5.60 Å². The molecule has 0 amide bonds. The lowest BCUT2D eigenvalue weighted by molar-refractivity contribution is 0.0318. The zero-order chi connectivity index (χ0) is 11.8. The van der Waals surface area contributed by atoms with E-state index < -0.39 is 5.60 Å². The molecule has 1 heterocycles. The maximum Gasteiger partial charge on any atom is 0.0718 e. The van der Waals surface area contributed by atoms with E-state index in [2.05, 4.69) is 39.0 Å². The summed E-state index contributed by atoms with van der Waals surface area (Å²) in [6.45, 7) is 6.46. The molecular weight excluding hydrogens is 266 g/mol. The predicted molar refractivity (Wildman–Crippen MR) is 69.4 cm³/mol. The third kappa shape index (κ3) is 3.06. The first kappa shape index (κ1) is 12.1. The van der Waals surface area contributed by atoms with E-state index in [4.69, 9.17) is 0 Å². The zero-order valence-corrected chi connectivity index (χ0v) is 11.4. The third-order valence-corrected chi connectivity index (χ3v) is 3.36. The zero-order valence-electron chi connectivity index (χ0n) is 9.83. The van der Waals surface area contributed by atoms with Gasteiger partial charge in [-0.25, -0.2) is 0 Å². The summed E-state index contributed by atoms with van der Waals surface area (Å²) in [4.78, 5) is 2.32. The number of hydrogen-bond acceptors (Lipinski definition) is 2. The van der Waals surface area contributed by atoms with Gasteiger partial charge in [-0.15, -0.1) is 0 Å². The molecule has 0 atom stereocenters. The lowest BCUT2D eigenvalue weighted by Gasteiger charge is -2.33. The fourth-order valence-electron chi connectivity index (χ4n) is 2.26. The quantitative estimate of drug-likeness (QED) is 0.902. The summed E-state index contributed by atoms with van der Waals surface area (Å²) in [5.41, 5.74) is 2.22. The normalized spacial score (nSPS) is 17.2. The highest BCUT2D eigenvalue weighted by atomic mass is 79.9. The maximum absolute atomic E-state index is 9.81. The van der Waals surface area contributed by atoms with Crippen molar-refractivity contribution in [1.82, 2.24) is 4.90 Å². The molecule has 1 aromatic rings. The molecule has 0 aromatic heterocycles. The molecule has 0 spiro atoms. The van der Waals surface area contributed by atoms with E-state index in [-0.39, 0.29) is 0 Å². The average molecular weight is 284 g/mol. The molecular formula is C13H18BrNO. The molecule has 0 unspecified atom stereocenters. The molecule has 0 aliphatic carbocycles. The highest BCUT2D eigenvalue weighted by Gasteiger charge is 2.22. The molecule has 0 fully saturated rings. The fraction of sp³-hybridized carbons (Fsp3) is 0.538. The Morgan fingerprint density at radius 3 is 2.81 bits per heavy atom. The molecule has 1 aromatic carbocycles. The molecule has 0 radical (unpaired) electrons. The van der Waals surface area contributed by atoms with Crippen molar-refractivity contribution < 1.29 is 5.11 Å². The molecule has 3 heteroatoms. The Kier molecular flexibility index (Phi) is 3.38. The minimum Gasteiger partial charge on any atom is -0.389 e. The summed E-state index contributed by atoms with van der Waals surface area (Å²) in [6, 6.07) is 6.47. The van der Waals surface area contributed by atoms with Crippen molar-refractivity contribution in [3.63, 3.8) is 0 Å². The maximum atomic E-state index is 9.81. The number of rotatable bonds is 2. The van der Waals surface area contributed by atoms with E-state index in [1.54, 1.807) is 0 Å². The minimum atomic E-state index is -0.604. The molecule has 88 valence electrons. The van der Waals surface area contributed by atoms with Crippen LogP contribution in [0.5, 0.6) is 0 Å². The topological polar surface area (TPSA) is 23.5 Å². The van der Waals surface area contributed by atoms with Gasteiger partial charge in [0.25, 0.3) is 0 Å². The Morgan fingerprint density at radius 1 is 1.38 bits per heavy atom. The molecule has 1 aliphatic rings. The van der Waals surface area contributed by atoms with Crippen molar-refractivity contribution in [3.8, 4) is 0 Å². The van der Waals surface area contributed by atoms with Crippen LogP contribution >= 0.6 is 15.9 Å². The number of aliphatic hydroxyl groups is 1. The van der Waals surface area contributed by atoms with E-state index in [1.165, 1.54) is 11.1 Å². The van der Waals surface area contributed by atoms with Gasteiger partial charge in [-0.2, -0.15) is 0 Å². The first-order valence-electron chi connectivity index (χ1n) is 5.66. The molecule has 1 N–H and O–H groups in total. The van der Waals surface area contributed by atoms with Crippen LogP contribution in [0.25, 0.3) is 0 Å². The van der Waals surface area contributed by atoms with Gasteiger partial charge in [0.1, 0.15) is 0 Å². The summed E-state index contributed by atoms with van der Waals surface area (Å²) in [7, 11) is 0. The van der Waals surface area contributed by atoms with Crippen LogP contribution in [-0.4, -0.2) is 28.7 Å². The van der Waals surface area contributed by atoms with Crippen LogP contribution in [0.2, 0.25) is 0 Å². The van der Waals surface area contributed by atoms with Crippen LogP contribution in [0.3, 0.4) is 0 Å². The summed E-state index contributed by atoms with van der Waals surface area (Å²) < 4.78 is 1.15. The van der Waals surface area contributed by atoms with E-state index in [0.29, 0.717) is 0 Å². The van der Waals surface area contributed by atoms with Crippen molar-refractivity contribution in [1.29, 1.82) is 0 Å². The lowest BCUT2D eigenvalue weighted by Crippen LogP contribution is -2.41. The number of hydrogen-bond donors (Lipinski definition) is 1. The van der Waals surface area contributed by atoms with Gasteiger partial charge in [-0.05, 0) is 43.5 Å². The van der Waals surface area contributed by atoms with E-state index in [0.717, 1.165) is 30.5 Å². The highest BCUT2D eigenvalue weighted by Crippen LogP contribution is 2.23. The molecule has 0 saturated carbocycles. The van der Waals surface area contributed by atoms with Crippen molar-refractivity contribution >= 4 is 15.9 Å². The van der Waals surface area contributed by atoms with Gasteiger partial charge in [0.15, 0.2) is 0 Å². The predicted octanol–water partition coefficient (Wildman–Crippen LogP) is 2.58. The fourth-order valence-corrected chi connectivity index (χ4v) is 2.67. The molecule has 1 aliphatic heterocycles. The van der Waals surface area contributed by atoms with E-state index in [9.17, 15) is 5.11 Å². The first-order chi connectivity index (χ1) is 7.44. The van der Waals surface area contributed by atoms with Crippen LogP contribution in [0, 0.1) is 0 Å². The van der Waals surface area contributed by atoms with Gasteiger partial charge in [-0.3, -0.25) is 4.90 Å². The van der Waals surface area contributed by atoms with Crippen LogP contribution < -0.4 is 0 Å². The Hall–Kier alpha value is -0.380. The molecule has 0 bridgehead atoms. The largest absolute Gasteiger partial charge is 0.389 e. The lowest BCUT2D eigenvalue weighted by atomic mass is 9.98. The van der Waals surface area contributed by atoms with Gasteiger partial charge in [0.2, 0.25) is 0 Å². The standard InChI is InChI=1S/C13H18BrNO/c1-13(2,16)9-15-6-5-10-7-12(14)4-3-11(10)8-15/h3-4,7,16H,5-6,8-9H2,1-2H3.